The molecule has 3 rings (SSSR count). The van der Waals surface area contributed by atoms with Gasteiger partial charge in [-0.25, -0.2) is 4.90 Å². The zero-order valence-corrected chi connectivity index (χ0v) is 9.35. The summed E-state index contributed by atoms with van der Waals surface area (Å²) < 4.78 is 0. The first-order valence-electron chi connectivity index (χ1n) is 5.84. The van der Waals surface area contributed by atoms with E-state index in [1.54, 1.807) is 6.20 Å². The number of anilines is 1. The number of hydrogen-bond donors (Lipinski definition) is 2. The van der Waals surface area contributed by atoms with Crippen molar-refractivity contribution in [2.45, 2.75) is 25.8 Å². The number of H-pyrrole nitrogens is 1. The zero-order valence-electron chi connectivity index (χ0n) is 9.35. The van der Waals surface area contributed by atoms with Gasteiger partial charge in [-0.1, -0.05) is 6.42 Å². The molecule has 6 nitrogen and oxygen atoms in total. The van der Waals surface area contributed by atoms with Gasteiger partial charge in [-0.3, -0.25) is 14.7 Å². The van der Waals surface area contributed by atoms with Crippen molar-refractivity contribution in [3.8, 4) is 0 Å². The summed E-state index contributed by atoms with van der Waals surface area (Å²) in [5, 5.41) is 6.55. The van der Waals surface area contributed by atoms with Gasteiger partial charge < -0.3 is 5.73 Å². The normalized spacial score (nSPS) is 27.9. The van der Waals surface area contributed by atoms with Gasteiger partial charge in [0.15, 0.2) is 0 Å². The van der Waals surface area contributed by atoms with E-state index in [9.17, 15) is 9.59 Å². The van der Waals surface area contributed by atoms with Crippen molar-refractivity contribution in [3.63, 3.8) is 0 Å². The Morgan fingerprint density at radius 1 is 1.35 bits per heavy atom. The van der Waals surface area contributed by atoms with Gasteiger partial charge in [0.1, 0.15) is 5.82 Å². The summed E-state index contributed by atoms with van der Waals surface area (Å²) in [6.45, 7) is 0.262. The number of carbonyl (C=O) groups is 2. The van der Waals surface area contributed by atoms with Crippen molar-refractivity contribution in [1.29, 1.82) is 0 Å². The molecule has 1 aromatic rings. The number of aromatic amines is 1. The summed E-state index contributed by atoms with van der Waals surface area (Å²) >= 11 is 0. The molecule has 3 N–H and O–H groups in total. The van der Waals surface area contributed by atoms with Crippen LogP contribution in [0.15, 0.2) is 6.20 Å². The molecule has 17 heavy (non-hydrogen) atoms. The van der Waals surface area contributed by atoms with Crippen LogP contribution < -0.4 is 10.6 Å². The van der Waals surface area contributed by atoms with Gasteiger partial charge in [0.25, 0.3) is 0 Å². The predicted molar refractivity (Wildman–Crippen MR) is 59.8 cm³/mol. The Hall–Kier alpha value is -1.69. The van der Waals surface area contributed by atoms with Crippen LogP contribution in [0.2, 0.25) is 0 Å². The molecular weight excluding hydrogens is 220 g/mol. The third-order valence-electron chi connectivity index (χ3n) is 3.73. The number of amides is 2. The average Bonchev–Trinajstić information content (AvgIpc) is 3.00. The highest BCUT2D eigenvalue weighted by Gasteiger charge is 2.51. The molecule has 0 bridgehead atoms. The Kier molecular flexibility index (Phi) is 2.25. The summed E-state index contributed by atoms with van der Waals surface area (Å²) in [4.78, 5) is 25.6. The van der Waals surface area contributed by atoms with Crippen LogP contribution in [0.1, 0.15) is 24.8 Å². The largest absolute Gasteiger partial charge is 0.326 e. The van der Waals surface area contributed by atoms with Crippen molar-refractivity contribution >= 4 is 17.6 Å². The lowest BCUT2D eigenvalue weighted by Crippen LogP contribution is -2.32. The first kappa shape index (κ1) is 10.5. The van der Waals surface area contributed by atoms with Gasteiger partial charge in [0.2, 0.25) is 11.8 Å². The second-order valence-corrected chi connectivity index (χ2v) is 4.60. The fourth-order valence-electron chi connectivity index (χ4n) is 2.86. The van der Waals surface area contributed by atoms with E-state index in [4.69, 9.17) is 5.73 Å². The highest BCUT2D eigenvalue weighted by molar-refractivity contribution is 6.22. The minimum atomic E-state index is -0.128. The standard InChI is InChI=1S/C11H14N4O2/c12-4-6-5-13-14-9(6)15-10(16)7-2-1-3-8(7)11(15)17/h5,7-8H,1-4,12H2,(H,13,14). The van der Waals surface area contributed by atoms with Crippen LogP contribution in [0.25, 0.3) is 0 Å². The minimum Gasteiger partial charge on any atom is -0.326 e. The molecule has 1 saturated carbocycles. The van der Waals surface area contributed by atoms with E-state index in [0.29, 0.717) is 11.4 Å². The van der Waals surface area contributed by atoms with Crippen LogP contribution in [-0.2, 0) is 16.1 Å². The fraction of sp³-hybridized carbons (Fsp3) is 0.545. The van der Waals surface area contributed by atoms with Crippen molar-refractivity contribution in [1.82, 2.24) is 10.2 Å². The van der Waals surface area contributed by atoms with Crippen molar-refractivity contribution in [3.05, 3.63) is 11.8 Å². The Bertz CT molecular complexity index is 460. The van der Waals surface area contributed by atoms with E-state index < -0.39 is 0 Å². The van der Waals surface area contributed by atoms with Gasteiger partial charge in [-0.15, -0.1) is 0 Å². The molecule has 2 atom stereocenters. The van der Waals surface area contributed by atoms with E-state index in [0.717, 1.165) is 19.3 Å². The molecule has 0 aromatic carbocycles. The smallest absolute Gasteiger partial charge is 0.238 e. The maximum Gasteiger partial charge on any atom is 0.238 e. The number of carbonyl (C=O) groups excluding carboxylic acids is 2. The number of fused-ring (bicyclic) bond motifs is 1. The van der Waals surface area contributed by atoms with E-state index in [2.05, 4.69) is 10.2 Å². The second kappa shape index (κ2) is 3.66. The Balaban J connectivity index is 1.99. The quantitative estimate of drug-likeness (QED) is 0.713. The average molecular weight is 234 g/mol. The molecule has 2 heterocycles. The van der Waals surface area contributed by atoms with Gasteiger partial charge >= 0.3 is 0 Å². The van der Waals surface area contributed by atoms with Crippen molar-refractivity contribution in [2.24, 2.45) is 17.6 Å². The fourth-order valence-corrected chi connectivity index (χ4v) is 2.86. The van der Waals surface area contributed by atoms with E-state index in [1.165, 1.54) is 4.90 Å². The number of hydrogen-bond acceptors (Lipinski definition) is 4. The van der Waals surface area contributed by atoms with Crippen LogP contribution in [0.5, 0.6) is 0 Å². The lowest BCUT2D eigenvalue weighted by molar-refractivity contribution is -0.122. The molecule has 2 amide bonds. The highest BCUT2D eigenvalue weighted by atomic mass is 16.2. The monoisotopic (exact) mass is 234 g/mol. The molecule has 1 aliphatic heterocycles. The van der Waals surface area contributed by atoms with Gasteiger partial charge in [-0.05, 0) is 12.8 Å². The van der Waals surface area contributed by atoms with Crippen LogP contribution in [0.4, 0.5) is 5.82 Å². The number of nitrogens with one attached hydrogen (secondary N) is 1. The van der Waals surface area contributed by atoms with E-state index >= 15 is 0 Å². The third kappa shape index (κ3) is 1.33. The Labute approximate surface area is 98.2 Å². The summed E-state index contributed by atoms with van der Waals surface area (Å²) in [5.74, 6) is -0.00218. The molecule has 90 valence electrons. The van der Waals surface area contributed by atoms with E-state index in [-0.39, 0.29) is 30.2 Å². The lowest BCUT2D eigenvalue weighted by atomic mass is 10.00. The highest BCUT2D eigenvalue weighted by Crippen LogP contribution is 2.41. The summed E-state index contributed by atoms with van der Waals surface area (Å²) in [6, 6.07) is 0. The van der Waals surface area contributed by atoms with Crippen molar-refractivity contribution < 1.29 is 9.59 Å². The summed E-state index contributed by atoms with van der Waals surface area (Å²) in [5.41, 5.74) is 6.26. The number of aromatic nitrogens is 2. The molecule has 6 heteroatoms. The summed E-state index contributed by atoms with van der Waals surface area (Å²) in [6.07, 6.45) is 4.16. The molecule has 1 aliphatic carbocycles. The maximum atomic E-state index is 12.2. The number of imide groups is 1. The lowest BCUT2D eigenvalue weighted by Gasteiger charge is -2.14. The number of nitrogens with zero attached hydrogens (tertiary/aromatic N) is 2. The molecule has 0 spiro atoms. The minimum absolute atomic E-state index is 0.101. The van der Waals surface area contributed by atoms with Crippen LogP contribution >= 0.6 is 0 Å². The first-order valence-corrected chi connectivity index (χ1v) is 5.84. The van der Waals surface area contributed by atoms with Gasteiger partial charge in [-0.2, -0.15) is 5.10 Å². The Morgan fingerprint density at radius 3 is 2.59 bits per heavy atom. The topological polar surface area (TPSA) is 92.1 Å². The molecule has 2 unspecified atom stereocenters. The predicted octanol–water partition coefficient (Wildman–Crippen LogP) is 0.158. The maximum absolute atomic E-state index is 12.2. The SMILES string of the molecule is NCc1cn[nH]c1N1C(=O)C2CCCC2C1=O. The zero-order chi connectivity index (χ0) is 12.0. The van der Waals surface area contributed by atoms with Crippen molar-refractivity contribution in [2.75, 3.05) is 4.90 Å². The molecule has 2 aliphatic rings. The van der Waals surface area contributed by atoms with Crippen LogP contribution in [0, 0.1) is 11.8 Å². The van der Waals surface area contributed by atoms with Crippen LogP contribution in [0.3, 0.4) is 0 Å². The van der Waals surface area contributed by atoms with Crippen LogP contribution in [-0.4, -0.2) is 22.0 Å². The first-order chi connectivity index (χ1) is 8.24. The summed E-state index contributed by atoms with van der Waals surface area (Å²) in [7, 11) is 0. The molecular formula is C11H14N4O2. The van der Waals surface area contributed by atoms with Gasteiger partial charge in [0.05, 0.1) is 18.0 Å². The molecule has 1 aromatic heterocycles. The number of nitrogens with two attached hydrogens (primary N) is 1. The molecule has 2 fully saturated rings. The molecule has 1 saturated heterocycles. The number of rotatable bonds is 2. The third-order valence-corrected chi connectivity index (χ3v) is 3.73. The van der Waals surface area contributed by atoms with Gasteiger partial charge in [0, 0.05) is 12.1 Å². The molecule has 0 radical (unpaired) electrons. The Morgan fingerprint density at radius 2 is 2.00 bits per heavy atom. The van der Waals surface area contributed by atoms with E-state index in [1.807, 2.05) is 0 Å². The second-order valence-electron chi connectivity index (χ2n) is 4.60.